The molecule has 8 heteroatoms. The van der Waals surface area contributed by atoms with Crippen molar-refractivity contribution >= 4 is 28.3 Å². The predicted molar refractivity (Wildman–Crippen MR) is 116 cm³/mol. The predicted octanol–water partition coefficient (Wildman–Crippen LogP) is 3.86. The molecule has 1 aliphatic carbocycles. The lowest BCUT2D eigenvalue weighted by Gasteiger charge is -2.20. The van der Waals surface area contributed by atoms with Crippen LogP contribution < -0.4 is 5.32 Å². The number of pyridine rings is 1. The van der Waals surface area contributed by atoms with Crippen molar-refractivity contribution in [2.45, 2.75) is 38.6 Å². The number of benzene rings is 1. The van der Waals surface area contributed by atoms with Gasteiger partial charge in [-0.25, -0.2) is 9.67 Å². The van der Waals surface area contributed by atoms with E-state index in [4.69, 9.17) is 5.10 Å². The summed E-state index contributed by atoms with van der Waals surface area (Å²) in [4.78, 5) is 28.8. The quantitative estimate of drug-likeness (QED) is 0.547. The average molecular weight is 414 g/mol. The van der Waals surface area contributed by atoms with Gasteiger partial charge in [0, 0.05) is 42.5 Å². The molecule has 1 N–H and O–H groups in total. The molecule has 31 heavy (non-hydrogen) atoms. The number of rotatable bonds is 4. The van der Waals surface area contributed by atoms with Gasteiger partial charge < -0.3 is 5.32 Å². The van der Waals surface area contributed by atoms with Gasteiger partial charge in [-0.3, -0.25) is 14.3 Å². The van der Waals surface area contributed by atoms with Gasteiger partial charge in [-0.2, -0.15) is 10.2 Å². The molecule has 156 valence electrons. The molecular weight excluding hydrogens is 392 g/mol. The van der Waals surface area contributed by atoms with E-state index in [9.17, 15) is 9.59 Å². The van der Waals surface area contributed by atoms with Gasteiger partial charge in [0.05, 0.1) is 22.9 Å². The first-order valence-corrected chi connectivity index (χ1v) is 10.4. The highest BCUT2D eigenvalue weighted by Crippen LogP contribution is 2.31. The Morgan fingerprint density at radius 2 is 2.00 bits per heavy atom. The molecule has 0 aliphatic heterocycles. The first-order chi connectivity index (χ1) is 15.1. The van der Waals surface area contributed by atoms with Crippen molar-refractivity contribution in [2.24, 2.45) is 0 Å². The van der Waals surface area contributed by atoms with Crippen molar-refractivity contribution in [1.82, 2.24) is 24.5 Å². The van der Waals surface area contributed by atoms with E-state index < -0.39 is 0 Å². The zero-order valence-electron chi connectivity index (χ0n) is 17.2. The number of aryl methyl sites for hydroxylation is 1. The van der Waals surface area contributed by atoms with E-state index in [2.05, 4.69) is 15.4 Å². The number of hydrogen-bond donors (Lipinski definition) is 1. The fourth-order valence-electron chi connectivity index (χ4n) is 4.01. The number of hydrogen-bond acceptors (Lipinski definition) is 5. The van der Waals surface area contributed by atoms with Crippen LogP contribution in [0.2, 0.25) is 0 Å². The lowest BCUT2D eigenvalue weighted by molar-refractivity contribution is -0.120. The Labute approximate surface area is 178 Å². The first kappa shape index (κ1) is 19.2. The van der Waals surface area contributed by atoms with Crippen molar-refractivity contribution in [3.8, 4) is 5.69 Å². The third-order valence-corrected chi connectivity index (χ3v) is 5.65. The second kappa shape index (κ2) is 7.79. The monoisotopic (exact) mass is 414 g/mol. The second-order valence-electron chi connectivity index (χ2n) is 7.88. The number of fused-ring (bicyclic) bond motifs is 1. The number of aromatic nitrogens is 5. The van der Waals surface area contributed by atoms with Crippen LogP contribution in [0.5, 0.6) is 0 Å². The van der Waals surface area contributed by atoms with Gasteiger partial charge in [-0.05, 0) is 50.1 Å². The van der Waals surface area contributed by atoms with Crippen molar-refractivity contribution in [2.75, 3.05) is 5.32 Å². The van der Waals surface area contributed by atoms with Gasteiger partial charge in [0.2, 0.25) is 0 Å². The van der Waals surface area contributed by atoms with Crippen LogP contribution in [0.1, 0.15) is 47.9 Å². The molecule has 1 saturated carbocycles. The summed E-state index contributed by atoms with van der Waals surface area (Å²) in [5, 5.41) is 13.0. The molecule has 1 aromatic carbocycles. The number of carbonyl (C=O) groups is 2. The minimum atomic E-state index is -0.283. The minimum absolute atomic E-state index is 0.216. The lowest BCUT2D eigenvalue weighted by Crippen LogP contribution is -2.18. The maximum atomic E-state index is 12.9. The molecule has 8 nitrogen and oxygen atoms in total. The fraction of sp³-hybridized carbons (Fsp3) is 0.261. The molecule has 1 fully saturated rings. The molecule has 5 rings (SSSR count). The van der Waals surface area contributed by atoms with Gasteiger partial charge >= 0.3 is 0 Å². The number of carbonyl (C=O) groups excluding carboxylic acids is 2. The molecule has 0 spiro atoms. The van der Waals surface area contributed by atoms with Gasteiger partial charge in [0.1, 0.15) is 11.5 Å². The van der Waals surface area contributed by atoms with E-state index in [1.807, 2.05) is 54.3 Å². The van der Waals surface area contributed by atoms with Crippen LogP contribution >= 0.6 is 0 Å². The minimum Gasteiger partial charge on any atom is -0.319 e. The van der Waals surface area contributed by atoms with Crippen LogP contribution in [0.3, 0.4) is 0 Å². The summed E-state index contributed by atoms with van der Waals surface area (Å²) in [6.07, 6.45) is 8.32. The number of anilines is 1. The highest BCUT2D eigenvalue weighted by molar-refractivity contribution is 6.05. The van der Waals surface area contributed by atoms with Crippen molar-refractivity contribution in [3.05, 3.63) is 66.4 Å². The summed E-state index contributed by atoms with van der Waals surface area (Å²) in [6.45, 7) is 1.85. The highest BCUT2D eigenvalue weighted by Gasteiger charge is 2.22. The molecule has 3 aromatic heterocycles. The first-order valence-electron chi connectivity index (χ1n) is 10.4. The van der Waals surface area contributed by atoms with Crippen molar-refractivity contribution in [1.29, 1.82) is 0 Å². The summed E-state index contributed by atoms with van der Waals surface area (Å²) in [7, 11) is 0. The Kier molecular flexibility index (Phi) is 4.82. The molecule has 0 saturated heterocycles. The van der Waals surface area contributed by atoms with E-state index in [-0.39, 0.29) is 11.9 Å². The SMILES string of the molecule is Cc1cccc(C(=O)Nc2cc3cn(C4CCC(=O)CC4)nc3cc2-n2cccn2)n1. The lowest BCUT2D eigenvalue weighted by atomic mass is 9.95. The van der Waals surface area contributed by atoms with Crippen LogP contribution in [0.15, 0.2) is 55.0 Å². The van der Waals surface area contributed by atoms with E-state index in [1.54, 1.807) is 16.9 Å². The largest absolute Gasteiger partial charge is 0.319 e. The van der Waals surface area contributed by atoms with Gasteiger partial charge in [0.15, 0.2) is 0 Å². The topological polar surface area (TPSA) is 94.7 Å². The number of amides is 1. The number of ketones is 1. The Hall–Kier alpha value is -3.81. The van der Waals surface area contributed by atoms with Crippen LogP contribution in [0.25, 0.3) is 16.6 Å². The van der Waals surface area contributed by atoms with Gasteiger partial charge in [-0.15, -0.1) is 0 Å². The summed E-state index contributed by atoms with van der Waals surface area (Å²) >= 11 is 0. The van der Waals surface area contributed by atoms with Crippen molar-refractivity contribution in [3.63, 3.8) is 0 Å². The number of Topliss-reactive ketones (excluding diaryl/α,β-unsaturated/α-hetero) is 1. The molecular formula is C23H22N6O2. The Balaban J connectivity index is 1.53. The Morgan fingerprint density at radius 3 is 2.74 bits per heavy atom. The van der Waals surface area contributed by atoms with Gasteiger partial charge in [-0.1, -0.05) is 6.07 Å². The fourth-order valence-corrected chi connectivity index (χ4v) is 4.01. The maximum Gasteiger partial charge on any atom is 0.274 e. The Morgan fingerprint density at radius 1 is 1.16 bits per heavy atom. The zero-order valence-corrected chi connectivity index (χ0v) is 17.2. The van der Waals surface area contributed by atoms with Crippen molar-refractivity contribution < 1.29 is 9.59 Å². The summed E-state index contributed by atoms with van der Waals surface area (Å²) in [5.41, 5.74) is 3.30. The molecule has 0 bridgehead atoms. The van der Waals surface area contributed by atoms with Crippen LogP contribution in [0.4, 0.5) is 5.69 Å². The molecule has 0 unspecified atom stereocenters. The maximum absolute atomic E-state index is 12.9. The molecule has 1 amide bonds. The third kappa shape index (κ3) is 3.84. The van der Waals surface area contributed by atoms with Gasteiger partial charge in [0.25, 0.3) is 5.91 Å². The molecule has 0 atom stereocenters. The average Bonchev–Trinajstić information content (AvgIpc) is 3.43. The van der Waals surface area contributed by atoms with Crippen LogP contribution in [0, 0.1) is 6.92 Å². The highest BCUT2D eigenvalue weighted by atomic mass is 16.2. The summed E-state index contributed by atoms with van der Waals surface area (Å²) < 4.78 is 3.66. The molecule has 0 radical (unpaired) electrons. The summed E-state index contributed by atoms with van der Waals surface area (Å²) in [6, 6.07) is 11.2. The van der Waals surface area contributed by atoms with E-state index >= 15 is 0 Å². The molecule has 1 aliphatic rings. The number of nitrogens with zero attached hydrogens (tertiary/aromatic N) is 5. The summed E-state index contributed by atoms with van der Waals surface area (Å²) in [5.74, 6) is 0.0401. The van der Waals surface area contributed by atoms with E-state index in [0.29, 0.717) is 30.0 Å². The van der Waals surface area contributed by atoms with E-state index in [1.165, 1.54) is 0 Å². The van der Waals surface area contributed by atoms with E-state index in [0.717, 1.165) is 35.1 Å². The second-order valence-corrected chi connectivity index (χ2v) is 7.88. The molecule has 3 heterocycles. The smallest absolute Gasteiger partial charge is 0.274 e. The normalized spacial score (nSPS) is 14.8. The third-order valence-electron chi connectivity index (χ3n) is 5.65. The molecule has 4 aromatic rings. The number of nitrogens with one attached hydrogen (secondary N) is 1. The Bertz CT molecular complexity index is 1260. The van der Waals surface area contributed by atoms with Crippen LogP contribution in [-0.2, 0) is 4.79 Å². The van der Waals surface area contributed by atoms with Crippen LogP contribution in [-0.4, -0.2) is 36.2 Å². The zero-order chi connectivity index (χ0) is 21.4. The standard InChI is InChI=1S/C23H22N6O2/c1-15-4-2-5-19(25-15)23(31)26-21-12-16-14-29(17-6-8-18(30)9-7-17)27-20(16)13-22(21)28-11-3-10-24-28/h2-5,10-14,17H,6-9H2,1H3,(H,26,31).